The van der Waals surface area contributed by atoms with Crippen LogP contribution in [-0.4, -0.2) is 43.8 Å². The second-order valence-electron chi connectivity index (χ2n) is 15.4. The first-order chi connectivity index (χ1) is 31.2. The van der Waals surface area contributed by atoms with Crippen molar-refractivity contribution < 1.29 is 38.6 Å². The summed E-state index contributed by atoms with van der Waals surface area (Å²) in [5.74, 6) is -0.937. The molecular formula is C50H28N2O8S4. The van der Waals surface area contributed by atoms with Crippen LogP contribution in [0.2, 0.25) is 0 Å². The second kappa shape index (κ2) is 14.8. The molecule has 10 nitrogen and oxygen atoms in total. The largest absolute Gasteiger partial charge is 0.444 e. The Hall–Kier alpha value is -7.07. The number of aliphatic hydroxyl groups is 1. The Balaban J connectivity index is 1.04. The van der Waals surface area contributed by atoms with Gasteiger partial charge in [0.2, 0.25) is 0 Å². The van der Waals surface area contributed by atoms with E-state index in [1.807, 2.05) is 72.8 Å². The number of benzene rings is 4. The SMILES string of the molecule is O=C1C(=Cc2cc3c(s2)c2sc4c(sc5c6sc(/C=C7/C(=O)c8ccccc8C7O)cc6n(C(=O)OCc6ccccc6)c54)c2n3C(=O)OCc2ccccc2)C(=O)c2ccccc21. The van der Waals surface area contributed by atoms with E-state index in [1.54, 1.807) is 69.8 Å². The van der Waals surface area contributed by atoms with Gasteiger partial charge < -0.3 is 14.6 Å². The quantitative estimate of drug-likeness (QED) is 0.129. The van der Waals surface area contributed by atoms with Crippen molar-refractivity contribution in [3.63, 3.8) is 0 Å². The van der Waals surface area contributed by atoms with E-state index >= 15 is 0 Å². The van der Waals surface area contributed by atoms with Crippen molar-refractivity contribution in [2.75, 3.05) is 0 Å². The fourth-order valence-corrected chi connectivity index (χ4v) is 13.9. The lowest BCUT2D eigenvalue weighted by atomic mass is 10.1. The van der Waals surface area contributed by atoms with Gasteiger partial charge in [-0.05, 0) is 41.0 Å². The van der Waals surface area contributed by atoms with Gasteiger partial charge in [-0.2, -0.15) is 0 Å². The van der Waals surface area contributed by atoms with Gasteiger partial charge in [0, 0.05) is 32.0 Å². The van der Waals surface area contributed by atoms with Crippen LogP contribution in [0.1, 0.15) is 63.6 Å². The number of carbonyl (C=O) groups excluding carboxylic acids is 5. The van der Waals surface area contributed by atoms with Gasteiger partial charge in [-0.1, -0.05) is 109 Å². The molecule has 2 aliphatic rings. The molecule has 1 N–H and O–H groups in total. The Kier molecular flexibility index (Phi) is 8.90. The van der Waals surface area contributed by atoms with Crippen molar-refractivity contribution in [2.45, 2.75) is 19.3 Å². The minimum atomic E-state index is -1.08. The molecule has 14 heteroatoms. The molecule has 12 rings (SSSR count). The zero-order valence-electron chi connectivity index (χ0n) is 33.0. The van der Waals surface area contributed by atoms with Crippen molar-refractivity contribution in [1.82, 2.24) is 9.13 Å². The van der Waals surface area contributed by atoms with Crippen molar-refractivity contribution in [2.24, 2.45) is 0 Å². The highest BCUT2D eigenvalue weighted by Gasteiger charge is 2.35. The number of carbonyl (C=O) groups is 5. The number of hydrogen-bond donors (Lipinski definition) is 1. The molecule has 64 heavy (non-hydrogen) atoms. The molecule has 0 radical (unpaired) electrons. The van der Waals surface area contributed by atoms with E-state index in [0.29, 0.717) is 54.1 Å². The predicted molar refractivity (Wildman–Crippen MR) is 252 cm³/mol. The van der Waals surface area contributed by atoms with E-state index < -0.39 is 18.3 Å². The zero-order chi connectivity index (χ0) is 43.4. The highest BCUT2D eigenvalue weighted by atomic mass is 32.1. The molecule has 6 heterocycles. The summed E-state index contributed by atoms with van der Waals surface area (Å²) >= 11 is 5.65. The molecule has 310 valence electrons. The zero-order valence-corrected chi connectivity index (χ0v) is 36.3. The van der Waals surface area contributed by atoms with Crippen LogP contribution in [-0.2, 0) is 22.7 Å². The van der Waals surface area contributed by atoms with Gasteiger partial charge in [-0.3, -0.25) is 14.4 Å². The van der Waals surface area contributed by atoms with Crippen LogP contribution in [0.15, 0.2) is 132 Å². The minimum absolute atomic E-state index is 0.0253. The first kappa shape index (κ1) is 38.6. The van der Waals surface area contributed by atoms with Crippen molar-refractivity contribution in [3.05, 3.63) is 176 Å². The molecule has 1 unspecified atom stereocenters. The lowest BCUT2D eigenvalue weighted by molar-refractivity contribution is 0.0985. The number of aliphatic hydroxyl groups excluding tert-OH is 1. The smallest absolute Gasteiger partial charge is 0.419 e. The number of allylic oxidation sites excluding steroid dienone is 1. The van der Waals surface area contributed by atoms with Crippen molar-refractivity contribution in [1.29, 1.82) is 0 Å². The van der Waals surface area contributed by atoms with E-state index in [-0.39, 0.29) is 41.7 Å². The van der Waals surface area contributed by atoms with Gasteiger partial charge in [0.25, 0.3) is 0 Å². The third-order valence-electron chi connectivity index (χ3n) is 11.6. The van der Waals surface area contributed by atoms with Crippen LogP contribution < -0.4 is 0 Å². The second-order valence-corrected chi connectivity index (χ2v) is 19.6. The van der Waals surface area contributed by atoms with Crippen LogP contribution >= 0.6 is 45.3 Å². The lowest BCUT2D eigenvalue weighted by Gasteiger charge is -2.07. The summed E-state index contributed by atoms with van der Waals surface area (Å²) in [6.45, 7) is 0.0561. The molecule has 2 aliphatic carbocycles. The molecular weight excluding hydrogens is 885 g/mol. The Morgan fingerprint density at radius 2 is 0.969 bits per heavy atom. The van der Waals surface area contributed by atoms with Crippen LogP contribution in [0.4, 0.5) is 9.59 Å². The molecule has 6 aromatic heterocycles. The molecule has 0 amide bonds. The fourth-order valence-electron chi connectivity index (χ4n) is 8.65. The third kappa shape index (κ3) is 5.87. The number of hydrogen-bond acceptors (Lipinski definition) is 12. The Morgan fingerprint density at radius 1 is 0.531 bits per heavy atom. The summed E-state index contributed by atoms with van der Waals surface area (Å²) in [6.07, 6.45) is 0.993. The molecule has 0 aliphatic heterocycles. The minimum Gasteiger partial charge on any atom is -0.444 e. The van der Waals surface area contributed by atoms with Crippen LogP contribution in [0.5, 0.6) is 0 Å². The van der Waals surface area contributed by atoms with Crippen molar-refractivity contribution in [3.8, 4) is 0 Å². The van der Waals surface area contributed by atoms with Gasteiger partial charge in [0.05, 0.1) is 55.8 Å². The van der Waals surface area contributed by atoms with Gasteiger partial charge in [0.15, 0.2) is 17.3 Å². The molecule has 0 bridgehead atoms. The maximum Gasteiger partial charge on any atom is 0.419 e. The summed E-state index contributed by atoms with van der Waals surface area (Å²) in [7, 11) is 0. The summed E-state index contributed by atoms with van der Waals surface area (Å²) in [5.41, 5.74) is 6.07. The number of ether oxygens (including phenoxy) is 2. The molecule has 1 atom stereocenters. The average molecular weight is 913 g/mol. The summed E-state index contributed by atoms with van der Waals surface area (Å²) < 4.78 is 19.7. The molecule has 0 spiro atoms. The van der Waals surface area contributed by atoms with E-state index in [0.717, 1.165) is 39.3 Å². The van der Waals surface area contributed by atoms with E-state index in [4.69, 9.17) is 9.47 Å². The van der Waals surface area contributed by atoms with Gasteiger partial charge in [-0.15, -0.1) is 45.3 Å². The lowest BCUT2D eigenvalue weighted by Crippen LogP contribution is -2.13. The number of aromatic nitrogens is 2. The number of thiophene rings is 4. The van der Waals surface area contributed by atoms with Gasteiger partial charge >= 0.3 is 12.2 Å². The van der Waals surface area contributed by atoms with E-state index in [2.05, 4.69) is 0 Å². The third-order valence-corrected chi connectivity index (χ3v) is 16.6. The standard InChI is InChI=1S/C50H28N2O8S4/c53-39-29-15-7-8-16-30(29)40(54)33(39)19-27-21-35-43(61-27)45-37(51(35)49(57)59-23-25-11-3-1-4-12-25)47-48(63-45)38-46(64-47)44-36(52(38)50(58)60-24-26-13-5-2-6-14-26)22-28(62-44)20-34-41(55)31-17-9-10-18-32(31)42(34)56/h1-22,39,53H,23-24H2/b33-19+. The maximum atomic E-state index is 14.4. The molecule has 4 aromatic carbocycles. The number of fused-ring (bicyclic) bond motifs is 11. The summed E-state index contributed by atoms with van der Waals surface area (Å²) in [4.78, 5) is 70.4. The van der Waals surface area contributed by atoms with Gasteiger partial charge in [-0.25, -0.2) is 18.7 Å². The number of ketones is 3. The fraction of sp³-hybridized carbons (Fsp3) is 0.0600. The Bertz CT molecular complexity index is 3710. The number of nitrogens with zero attached hydrogens (tertiary/aromatic N) is 2. The van der Waals surface area contributed by atoms with E-state index in [9.17, 15) is 29.1 Å². The van der Waals surface area contributed by atoms with Crippen LogP contribution in [0.3, 0.4) is 0 Å². The van der Waals surface area contributed by atoms with E-state index in [1.165, 1.54) is 45.3 Å². The Morgan fingerprint density at radius 3 is 1.47 bits per heavy atom. The monoisotopic (exact) mass is 912 g/mol. The number of Topliss-reactive ketones (excluding diaryl/α,β-unsaturated/α-hetero) is 3. The van der Waals surface area contributed by atoms with Crippen LogP contribution in [0.25, 0.3) is 62.4 Å². The average Bonchev–Trinajstić information content (AvgIpc) is 4.20. The van der Waals surface area contributed by atoms with Crippen LogP contribution in [0, 0.1) is 0 Å². The van der Waals surface area contributed by atoms with Gasteiger partial charge in [0.1, 0.15) is 19.3 Å². The first-order valence-corrected chi connectivity index (χ1v) is 23.3. The highest BCUT2D eigenvalue weighted by molar-refractivity contribution is 7.40. The van der Waals surface area contributed by atoms with Crippen molar-refractivity contribution >= 4 is 137 Å². The maximum absolute atomic E-state index is 14.4. The summed E-state index contributed by atoms with van der Waals surface area (Å²) in [6, 6.07) is 36.2. The molecule has 10 aromatic rings. The summed E-state index contributed by atoms with van der Waals surface area (Å²) in [5, 5.41) is 11.2. The Labute approximate surface area is 377 Å². The first-order valence-electron chi connectivity index (χ1n) is 20.1. The molecule has 0 saturated carbocycles. The predicted octanol–water partition coefficient (Wildman–Crippen LogP) is 12.4. The highest BCUT2D eigenvalue weighted by Crippen LogP contribution is 2.53. The molecule has 0 saturated heterocycles. The number of rotatable bonds is 6. The normalized spacial score (nSPS) is 15.5. The topological polar surface area (TPSA) is 134 Å². The molecule has 0 fully saturated rings.